The second-order valence-corrected chi connectivity index (χ2v) is 9.64. The summed E-state index contributed by atoms with van der Waals surface area (Å²) in [6, 6.07) is 12.1. The number of hydrogen-bond acceptors (Lipinski definition) is 8. The lowest BCUT2D eigenvalue weighted by Crippen LogP contribution is -2.63. The number of aryl methyl sites for hydroxylation is 1. The summed E-state index contributed by atoms with van der Waals surface area (Å²) in [5.41, 5.74) is 1.75. The van der Waals surface area contributed by atoms with Crippen LogP contribution in [0.3, 0.4) is 0 Å². The third-order valence-electron chi connectivity index (χ3n) is 7.19. The predicted molar refractivity (Wildman–Crippen MR) is 133 cm³/mol. The summed E-state index contributed by atoms with van der Waals surface area (Å²) in [7, 11) is 1.58. The first-order valence-corrected chi connectivity index (χ1v) is 12.2. The van der Waals surface area contributed by atoms with Gasteiger partial charge >= 0.3 is 0 Å². The van der Waals surface area contributed by atoms with Crippen molar-refractivity contribution < 1.29 is 14.6 Å². The number of likely N-dealkylation sites (tertiary alicyclic amines) is 1. The number of aromatic nitrogens is 3. The van der Waals surface area contributed by atoms with Crippen molar-refractivity contribution in [1.29, 1.82) is 0 Å². The number of carbonyl (C=O) groups is 1. The van der Waals surface area contributed by atoms with Crippen molar-refractivity contribution in [3.63, 3.8) is 0 Å². The van der Waals surface area contributed by atoms with Crippen LogP contribution in [0.4, 0.5) is 5.82 Å². The van der Waals surface area contributed by atoms with Gasteiger partial charge in [-0.05, 0) is 50.8 Å². The zero-order valence-corrected chi connectivity index (χ0v) is 20.2. The molecule has 3 heterocycles. The third-order valence-corrected chi connectivity index (χ3v) is 7.19. The topological polar surface area (TPSA) is 112 Å². The molecule has 9 heteroatoms. The van der Waals surface area contributed by atoms with Crippen molar-refractivity contribution in [3.8, 4) is 5.88 Å². The number of fused-ring (bicyclic) bond motifs is 1. The molecule has 5 rings (SSSR count). The molecule has 184 valence electrons. The molecular weight excluding hydrogens is 444 g/mol. The Labute approximate surface area is 204 Å². The van der Waals surface area contributed by atoms with Gasteiger partial charge in [0.05, 0.1) is 30.9 Å². The zero-order valence-electron chi connectivity index (χ0n) is 20.2. The van der Waals surface area contributed by atoms with E-state index in [0.717, 1.165) is 42.4 Å². The normalized spacial score (nSPS) is 23.0. The van der Waals surface area contributed by atoms with Gasteiger partial charge in [-0.25, -0.2) is 15.0 Å². The molecular formula is C26H32N6O3. The minimum Gasteiger partial charge on any atom is -0.481 e. The van der Waals surface area contributed by atoms with Crippen LogP contribution in [-0.2, 0) is 10.4 Å². The van der Waals surface area contributed by atoms with Crippen LogP contribution in [0.25, 0.3) is 10.9 Å². The summed E-state index contributed by atoms with van der Waals surface area (Å²) in [5.74, 6) is 1.15. The number of nitrogens with zero attached hydrogens (tertiary/aromatic N) is 4. The maximum atomic E-state index is 12.5. The number of anilines is 1. The van der Waals surface area contributed by atoms with Crippen LogP contribution in [0.5, 0.6) is 5.88 Å². The van der Waals surface area contributed by atoms with Crippen LogP contribution in [0.1, 0.15) is 36.9 Å². The van der Waals surface area contributed by atoms with Crippen molar-refractivity contribution in [2.24, 2.45) is 0 Å². The second-order valence-electron chi connectivity index (χ2n) is 9.64. The first kappa shape index (κ1) is 23.4. The summed E-state index contributed by atoms with van der Waals surface area (Å²) in [4.78, 5) is 28.0. The number of methoxy groups -OCH3 is 1. The molecule has 9 nitrogen and oxygen atoms in total. The molecule has 0 bridgehead atoms. The van der Waals surface area contributed by atoms with E-state index < -0.39 is 5.60 Å². The zero-order chi connectivity index (χ0) is 24.4. The molecule has 1 amide bonds. The summed E-state index contributed by atoms with van der Waals surface area (Å²) in [6.07, 6.45) is 4.65. The van der Waals surface area contributed by atoms with E-state index >= 15 is 0 Å². The van der Waals surface area contributed by atoms with Crippen molar-refractivity contribution in [2.75, 3.05) is 32.1 Å². The van der Waals surface area contributed by atoms with Crippen molar-refractivity contribution in [3.05, 3.63) is 54.0 Å². The highest BCUT2D eigenvalue weighted by Crippen LogP contribution is 2.39. The Bertz CT molecular complexity index is 1200. The van der Waals surface area contributed by atoms with Crippen LogP contribution in [0, 0.1) is 6.92 Å². The number of amides is 1. The van der Waals surface area contributed by atoms with Gasteiger partial charge < -0.3 is 20.5 Å². The molecule has 1 saturated carbocycles. The number of aliphatic hydroxyl groups is 1. The molecule has 1 aromatic carbocycles. The molecule has 1 saturated heterocycles. The van der Waals surface area contributed by atoms with Crippen LogP contribution < -0.4 is 15.4 Å². The van der Waals surface area contributed by atoms with Crippen LogP contribution in [0.15, 0.2) is 42.7 Å². The van der Waals surface area contributed by atoms with E-state index in [1.54, 1.807) is 13.2 Å². The Balaban J connectivity index is 1.07. The second kappa shape index (κ2) is 9.75. The van der Waals surface area contributed by atoms with Crippen molar-refractivity contribution in [1.82, 2.24) is 25.2 Å². The maximum Gasteiger partial charge on any atom is 0.239 e. The smallest absolute Gasteiger partial charge is 0.239 e. The van der Waals surface area contributed by atoms with E-state index in [1.165, 1.54) is 6.33 Å². The van der Waals surface area contributed by atoms with Crippen LogP contribution in [0.2, 0.25) is 0 Å². The SMILES string of the molecule is COc1cccc(C2(O)CCC(N3CC(NC(=O)CNc4ncnc5ccc(C)cc45)C3)CC2)n1. The Hall–Kier alpha value is -3.30. The average molecular weight is 477 g/mol. The molecule has 1 aliphatic heterocycles. The highest BCUT2D eigenvalue weighted by atomic mass is 16.5. The molecule has 2 aliphatic rings. The first-order valence-electron chi connectivity index (χ1n) is 12.2. The molecule has 0 unspecified atom stereocenters. The number of hydrogen-bond donors (Lipinski definition) is 3. The lowest BCUT2D eigenvalue weighted by Gasteiger charge is -2.48. The van der Waals surface area contributed by atoms with Crippen LogP contribution in [-0.4, -0.2) is 69.7 Å². The average Bonchev–Trinajstić information content (AvgIpc) is 2.85. The van der Waals surface area contributed by atoms with Gasteiger partial charge in [0, 0.05) is 30.6 Å². The van der Waals surface area contributed by atoms with Gasteiger partial charge in [0.15, 0.2) is 0 Å². The number of pyridine rings is 1. The number of carbonyl (C=O) groups excluding carboxylic acids is 1. The molecule has 35 heavy (non-hydrogen) atoms. The molecule has 2 fully saturated rings. The summed E-state index contributed by atoms with van der Waals surface area (Å²) < 4.78 is 5.21. The van der Waals surface area contributed by atoms with Crippen molar-refractivity contribution in [2.45, 2.75) is 50.3 Å². The van der Waals surface area contributed by atoms with E-state index in [-0.39, 0.29) is 18.5 Å². The Kier molecular flexibility index (Phi) is 6.53. The highest BCUT2D eigenvalue weighted by Gasteiger charge is 2.41. The standard InChI is InChI=1S/C26H32N6O3/c1-17-6-7-21-20(12-17)25(29-16-28-21)27-13-23(33)30-18-14-32(15-18)19-8-10-26(34,11-9-19)22-4-3-5-24(31-22)35-2/h3-7,12,16,18-19,34H,8-11,13-15H2,1-2H3,(H,30,33)(H,27,28,29). The maximum absolute atomic E-state index is 12.5. The van der Waals surface area contributed by atoms with Gasteiger partial charge in [-0.2, -0.15) is 0 Å². The van der Waals surface area contributed by atoms with Gasteiger partial charge in [-0.15, -0.1) is 0 Å². The predicted octanol–water partition coefficient (Wildman–Crippen LogP) is 2.38. The molecule has 2 aromatic heterocycles. The first-order chi connectivity index (χ1) is 16.9. The highest BCUT2D eigenvalue weighted by molar-refractivity contribution is 5.91. The largest absolute Gasteiger partial charge is 0.481 e. The van der Waals surface area contributed by atoms with E-state index in [9.17, 15) is 9.90 Å². The quantitative estimate of drug-likeness (QED) is 0.477. The monoisotopic (exact) mass is 476 g/mol. The molecule has 3 aromatic rings. The molecule has 3 N–H and O–H groups in total. The number of benzene rings is 1. The van der Waals surface area contributed by atoms with Crippen molar-refractivity contribution >= 4 is 22.6 Å². The van der Waals surface area contributed by atoms with Gasteiger partial charge in [0.2, 0.25) is 11.8 Å². The lowest BCUT2D eigenvalue weighted by atomic mass is 9.78. The number of ether oxygens (including phenoxy) is 1. The van der Waals surface area contributed by atoms with Crippen LogP contribution >= 0.6 is 0 Å². The number of rotatable bonds is 7. The van der Waals surface area contributed by atoms with Gasteiger partial charge in [-0.3, -0.25) is 9.69 Å². The van der Waals surface area contributed by atoms with E-state index in [1.807, 2.05) is 37.3 Å². The summed E-state index contributed by atoms with van der Waals surface area (Å²) >= 11 is 0. The molecule has 1 aliphatic carbocycles. The minimum atomic E-state index is -0.904. The van der Waals surface area contributed by atoms with Gasteiger partial charge in [0.25, 0.3) is 0 Å². The fourth-order valence-corrected chi connectivity index (χ4v) is 5.15. The Morgan fingerprint density at radius 1 is 1.20 bits per heavy atom. The van der Waals surface area contributed by atoms with Gasteiger partial charge in [-0.1, -0.05) is 17.7 Å². The fourth-order valence-electron chi connectivity index (χ4n) is 5.15. The fraction of sp³-hybridized carbons (Fsp3) is 0.462. The summed E-state index contributed by atoms with van der Waals surface area (Å²) in [5, 5.41) is 18.3. The lowest BCUT2D eigenvalue weighted by molar-refractivity contribution is -0.121. The van der Waals surface area contributed by atoms with E-state index in [2.05, 4.69) is 30.5 Å². The third kappa shape index (κ3) is 5.06. The molecule has 0 radical (unpaired) electrons. The molecule has 0 atom stereocenters. The van der Waals surface area contributed by atoms with E-state index in [0.29, 0.717) is 36.3 Å². The minimum absolute atomic E-state index is 0.0452. The van der Waals surface area contributed by atoms with E-state index in [4.69, 9.17) is 4.74 Å². The Morgan fingerprint density at radius 2 is 2.00 bits per heavy atom. The molecule has 0 spiro atoms. The number of nitrogens with one attached hydrogen (secondary N) is 2. The Morgan fingerprint density at radius 3 is 2.77 bits per heavy atom. The summed E-state index contributed by atoms with van der Waals surface area (Å²) in [6.45, 7) is 3.86. The van der Waals surface area contributed by atoms with Gasteiger partial charge in [0.1, 0.15) is 17.7 Å².